The first-order valence-electron chi connectivity index (χ1n) is 6.00. The minimum atomic E-state index is -0.465. The lowest BCUT2D eigenvalue weighted by atomic mass is 10.2. The largest absolute Gasteiger partial charge is 0.327 e. The van der Waals surface area contributed by atoms with Crippen molar-refractivity contribution >= 4 is 35.1 Å². The molecule has 4 amide bonds. The van der Waals surface area contributed by atoms with Crippen molar-refractivity contribution in [2.75, 3.05) is 25.5 Å². The Morgan fingerprint density at radius 3 is 2.70 bits per heavy atom. The summed E-state index contributed by atoms with van der Waals surface area (Å²) in [6.07, 6.45) is 0. The van der Waals surface area contributed by atoms with Crippen molar-refractivity contribution in [2.24, 2.45) is 0 Å². The summed E-state index contributed by atoms with van der Waals surface area (Å²) < 4.78 is 0. The van der Waals surface area contributed by atoms with Crippen LogP contribution in [-0.4, -0.2) is 47.8 Å². The van der Waals surface area contributed by atoms with Gasteiger partial charge in [0.05, 0.1) is 0 Å². The van der Waals surface area contributed by atoms with E-state index in [-0.39, 0.29) is 19.0 Å². The van der Waals surface area contributed by atoms with E-state index in [9.17, 15) is 14.4 Å². The number of nitrogens with one attached hydrogen (secondary N) is 1. The van der Waals surface area contributed by atoms with Crippen molar-refractivity contribution in [3.8, 4) is 0 Å². The molecule has 0 atom stereocenters. The van der Waals surface area contributed by atoms with Gasteiger partial charge in [0.1, 0.15) is 13.1 Å². The number of benzene rings is 1. The van der Waals surface area contributed by atoms with Crippen LogP contribution < -0.4 is 5.32 Å². The molecule has 0 radical (unpaired) electrons. The van der Waals surface area contributed by atoms with Gasteiger partial charge in [-0.2, -0.15) is 0 Å². The second-order valence-corrected chi connectivity index (χ2v) is 4.99. The summed E-state index contributed by atoms with van der Waals surface area (Å²) in [7, 11) is 1.51. The van der Waals surface area contributed by atoms with Gasteiger partial charge in [-0.15, -0.1) is 0 Å². The molecule has 106 valence electrons. The third kappa shape index (κ3) is 2.75. The molecule has 0 bridgehead atoms. The number of hydrogen-bond donors (Lipinski definition) is 1. The van der Waals surface area contributed by atoms with Gasteiger partial charge < -0.3 is 10.2 Å². The second-order valence-electron chi connectivity index (χ2n) is 4.58. The number of imide groups is 1. The Labute approximate surface area is 121 Å². The first-order valence-corrected chi connectivity index (χ1v) is 6.38. The fourth-order valence-electron chi connectivity index (χ4n) is 1.90. The lowest BCUT2D eigenvalue weighted by Crippen LogP contribution is -2.38. The molecule has 7 heteroatoms. The summed E-state index contributed by atoms with van der Waals surface area (Å²) >= 11 is 5.96. The fraction of sp³-hybridized carbons (Fsp3) is 0.308. The third-order valence-corrected chi connectivity index (χ3v) is 3.48. The maximum absolute atomic E-state index is 11.9. The number of carbonyl (C=O) groups excluding carboxylic acids is 3. The number of amides is 4. The zero-order valence-electron chi connectivity index (χ0n) is 11.1. The van der Waals surface area contributed by atoms with Crippen molar-refractivity contribution in [3.63, 3.8) is 0 Å². The number of hydrogen-bond acceptors (Lipinski definition) is 3. The molecule has 1 saturated heterocycles. The molecule has 1 aromatic rings. The minimum Gasteiger partial charge on any atom is -0.324 e. The summed E-state index contributed by atoms with van der Waals surface area (Å²) in [5.74, 6) is -0.817. The fourth-order valence-corrected chi connectivity index (χ4v) is 2.08. The first kappa shape index (κ1) is 14.3. The van der Waals surface area contributed by atoms with Gasteiger partial charge >= 0.3 is 6.03 Å². The zero-order valence-corrected chi connectivity index (χ0v) is 11.9. The van der Waals surface area contributed by atoms with E-state index in [1.165, 1.54) is 11.9 Å². The Bertz CT molecular complexity index is 588. The highest BCUT2D eigenvalue weighted by molar-refractivity contribution is 6.31. The van der Waals surface area contributed by atoms with Gasteiger partial charge in [0, 0.05) is 17.8 Å². The Balaban J connectivity index is 2.05. The molecule has 6 nitrogen and oxygen atoms in total. The quantitative estimate of drug-likeness (QED) is 0.859. The molecule has 0 unspecified atom stereocenters. The molecule has 0 aromatic heterocycles. The van der Waals surface area contributed by atoms with Gasteiger partial charge in [0.2, 0.25) is 5.91 Å². The van der Waals surface area contributed by atoms with E-state index in [0.717, 1.165) is 10.5 Å². The molecule has 1 fully saturated rings. The summed E-state index contributed by atoms with van der Waals surface area (Å²) in [5.41, 5.74) is 1.30. The van der Waals surface area contributed by atoms with Crippen molar-refractivity contribution in [2.45, 2.75) is 6.92 Å². The highest BCUT2D eigenvalue weighted by Crippen LogP contribution is 2.22. The number of urea groups is 1. The standard InChI is InChI=1S/C13H14ClN3O3/c1-8-9(14)4-3-5-10(8)15-11(18)6-17-12(19)7-16(2)13(17)20/h3-5H,6-7H2,1-2H3,(H,15,18). The maximum Gasteiger partial charge on any atom is 0.327 e. The van der Waals surface area contributed by atoms with Crippen LogP contribution in [0.15, 0.2) is 18.2 Å². The van der Waals surface area contributed by atoms with Gasteiger partial charge in [0.25, 0.3) is 5.91 Å². The van der Waals surface area contributed by atoms with Gasteiger partial charge in [-0.05, 0) is 24.6 Å². The van der Waals surface area contributed by atoms with Crippen LogP contribution in [-0.2, 0) is 9.59 Å². The van der Waals surface area contributed by atoms with Gasteiger partial charge in [-0.1, -0.05) is 17.7 Å². The third-order valence-electron chi connectivity index (χ3n) is 3.07. The van der Waals surface area contributed by atoms with Gasteiger partial charge in [-0.3, -0.25) is 14.5 Å². The van der Waals surface area contributed by atoms with E-state index in [1.807, 2.05) is 0 Å². The molecule has 0 spiro atoms. The lowest BCUT2D eigenvalue weighted by molar-refractivity contribution is -0.129. The molecule has 20 heavy (non-hydrogen) atoms. The molecule has 0 saturated carbocycles. The summed E-state index contributed by atoms with van der Waals surface area (Å²) in [4.78, 5) is 37.3. The van der Waals surface area contributed by atoms with Crippen molar-refractivity contribution in [1.82, 2.24) is 9.80 Å². The summed E-state index contributed by atoms with van der Waals surface area (Å²) in [5, 5.41) is 3.18. The van der Waals surface area contributed by atoms with Crippen LogP contribution in [0.2, 0.25) is 5.02 Å². The number of rotatable bonds is 3. The normalized spacial score (nSPS) is 14.9. The van der Waals surface area contributed by atoms with Gasteiger partial charge in [-0.25, -0.2) is 4.79 Å². The van der Waals surface area contributed by atoms with Crippen LogP contribution in [0.5, 0.6) is 0 Å². The Hall–Kier alpha value is -2.08. The van der Waals surface area contributed by atoms with E-state index in [1.54, 1.807) is 25.1 Å². The number of carbonyl (C=O) groups is 3. The van der Waals surface area contributed by atoms with Crippen LogP contribution in [0, 0.1) is 6.92 Å². The predicted octanol–water partition coefficient (Wildman–Crippen LogP) is 1.48. The smallest absolute Gasteiger partial charge is 0.324 e. The van der Waals surface area contributed by atoms with Crippen LogP contribution in [0.4, 0.5) is 10.5 Å². The molecule has 1 heterocycles. The first-order chi connectivity index (χ1) is 9.40. The molecule has 1 aromatic carbocycles. The highest BCUT2D eigenvalue weighted by Gasteiger charge is 2.34. The summed E-state index contributed by atoms with van der Waals surface area (Å²) in [6.45, 7) is 1.48. The topological polar surface area (TPSA) is 69.7 Å². The van der Waals surface area contributed by atoms with Crippen LogP contribution in [0.1, 0.15) is 5.56 Å². The van der Waals surface area contributed by atoms with E-state index in [4.69, 9.17) is 11.6 Å². The number of anilines is 1. The molecule has 1 aliphatic heterocycles. The van der Waals surface area contributed by atoms with Crippen LogP contribution in [0.25, 0.3) is 0 Å². The monoisotopic (exact) mass is 295 g/mol. The average molecular weight is 296 g/mol. The van der Waals surface area contributed by atoms with E-state index >= 15 is 0 Å². The SMILES string of the molecule is Cc1c(Cl)cccc1NC(=O)CN1C(=O)CN(C)C1=O. The lowest BCUT2D eigenvalue weighted by Gasteiger charge is -2.15. The Kier molecular flexibility index (Phi) is 3.94. The van der Waals surface area contributed by atoms with Crippen LogP contribution >= 0.6 is 11.6 Å². The molecule has 1 N–H and O–H groups in total. The Morgan fingerprint density at radius 1 is 1.40 bits per heavy atom. The average Bonchev–Trinajstić information content (AvgIpc) is 2.62. The molecular formula is C13H14ClN3O3. The number of likely N-dealkylation sites (N-methyl/N-ethyl adjacent to an activating group) is 1. The minimum absolute atomic E-state index is 0.00229. The molecule has 0 aliphatic carbocycles. The van der Waals surface area contributed by atoms with E-state index < -0.39 is 11.9 Å². The maximum atomic E-state index is 11.9. The van der Waals surface area contributed by atoms with E-state index in [0.29, 0.717) is 10.7 Å². The van der Waals surface area contributed by atoms with Crippen molar-refractivity contribution in [1.29, 1.82) is 0 Å². The van der Waals surface area contributed by atoms with Crippen molar-refractivity contribution < 1.29 is 14.4 Å². The second kappa shape index (κ2) is 5.50. The summed E-state index contributed by atoms with van der Waals surface area (Å²) in [6, 6.07) is 4.67. The predicted molar refractivity (Wildman–Crippen MR) is 74.6 cm³/mol. The van der Waals surface area contributed by atoms with Crippen LogP contribution in [0.3, 0.4) is 0 Å². The molecular weight excluding hydrogens is 282 g/mol. The Morgan fingerprint density at radius 2 is 2.10 bits per heavy atom. The number of nitrogens with zero attached hydrogens (tertiary/aromatic N) is 2. The highest BCUT2D eigenvalue weighted by atomic mass is 35.5. The molecule has 2 rings (SSSR count). The van der Waals surface area contributed by atoms with E-state index in [2.05, 4.69) is 5.32 Å². The van der Waals surface area contributed by atoms with Gasteiger partial charge in [0.15, 0.2) is 0 Å². The van der Waals surface area contributed by atoms with Crippen molar-refractivity contribution in [3.05, 3.63) is 28.8 Å². The molecule has 1 aliphatic rings. The zero-order chi connectivity index (χ0) is 14.9. The number of halogens is 1.